The molecule has 0 radical (unpaired) electrons. The minimum Gasteiger partial charge on any atom is -0.490 e. The van der Waals surface area contributed by atoms with E-state index in [2.05, 4.69) is 29.2 Å². The van der Waals surface area contributed by atoms with Crippen molar-refractivity contribution in [2.24, 2.45) is 5.73 Å². The minimum atomic E-state index is -0.387. The van der Waals surface area contributed by atoms with E-state index in [0.29, 0.717) is 12.6 Å². The van der Waals surface area contributed by atoms with Crippen molar-refractivity contribution in [2.75, 3.05) is 13.7 Å². The van der Waals surface area contributed by atoms with Crippen LogP contribution in [-0.2, 0) is 6.54 Å². The van der Waals surface area contributed by atoms with E-state index in [9.17, 15) is 10.1 Å². The van der Waals surface area contributed by atoms with Crippen LogP contribution in [-0.4, -0.2) is 35.6 Å². The number of methoxy groups -OCH3 is 1. The van der Waals surface area contributed by atoms with Gasteiger partial charge in [0.1, 0.15) is 0 Å². The maximum atomic E-state index is 11.4. The summed E-state index contributed by atoms with van der Waals surface area (Å²) in [6.07, 6.45) is 8.44. The lowest BCUT2D eigenvalue weighted by atomic mass is 9.90. The van der Waals surface area contributed by atoms with Crippen molar-refractivity contribution < 1.29 is 9.66 Å². The van der Waals surface area contributed by atoms with Crippen molar-refractivity contribution in [3.63, 3.8) is 0 Å². The number of benzene rings is 2. The van der Waals surface area contributed by atoms with Gasteiger partial charge in [0.05, 0.1) is 12.0 Å². The summed E-state index contributed by atoms with van der Waals surface area (Å²) >= 11 is 0. The van der Waals surface area contributed by atoms with Crippen LogP contribution in [0.1, 0.15) is 36.8 Å². The molecule has 0 spiro atoms. The Labute approximate surface area is 172 Å². The molecule has 1 saturated carbocycles. The highest BCUT2D eigenvalue weighted by atomic mass is 16.6. The maximum Gasteiger partial charge on any atom is 0.311 e. The number of hydrogen-bond acceptors (Lipinski definition) is 5. The lowest BCUT2D eigenvalue weighted by Crippen LogP contribution is -2.40. The van der Waals surface area contributed by atoms with Crippen LogP contribution in [0.25, 0.3) is 6.08 Å². The van der Waals surface area contributed by atoms with E-state index in [1.807, 2.05) is 24.3 Å². The average molecular weight is 396 g/mol. The van der Waals surface area contributed by atoms with Crippen LogP contribution in [0.15, 0.2) is 54.6 Å². The molecular weight excluding hydrogens is 366 g/mol. The number of nitrogens with zero attached hydrogens (tertiary/aromatic N) is 2. The van der Waals surface area contributed by atoms with Gasteiger partial charge in [-0.1, -0.05) is 48.6 Å². The third-order valence-corrected chi connectivity index (χ3v) is 5.53. The van der Waals surface area contributed by atoms with E-state index in [1.54, 1.807) is 12.1 Å². The number of ether oxygens (including phenoxy) is 1. The van der Waals surface area contributed by atoms with E-state index >= 15 is 0 Å². The molecule has 1 fully saturated rings. The molecule has 0 atom stereocenters. The Morgan fingerprint density at radius 3 is 2.55 bits per heavy atom. The van der Waals surface area contributed by atoms with Gasteiger partial charge in [-0.05, 0) is 42.9 Å². The van der Waals surface area contributed by atoms with Crippen LogP contribution in [0.5, 0.6) is 5.75 Å². The third kappa shape index (κ3) is 5.89. The highest BCUT2D eigenvalue weighted by Gasteiger charge is 2.24. The Balaban J connectivity index is 1.76. The molecule has 2 aromatic carbocycles. The van der Waals surface area contributed by atoms with E-state index in [1.165, 1.54) is 12.7 Å². The maximum absolute atomic E-state index is 11.4. The zero-order valence-corrected chi connectivity index (χ0v) is 16.9. The molecule has 1 aliphatic carbocycles. The Kier molecular flexibility index (Phi) is 7.38. The minimum absolute atomic E-state index is 0.00967. The van der Waals surface area contributed by atoms with Gasteiger partial charge >= 0.3 is 5.69 Å². The quantitative estimate of drug-likeness (QED) is 0.529. The summed E-state index contributed by atoms with van der Waals surface area (Å²) in [6.45, 7) is 1.44. The number of hydrogen-bond donors (Lipinski definition) is 1. The first-order valence-electron chi connectivity index (χ1n) is 10.1. The van der Waals surface area contributed by atoms with E-state index < -0.39 is 0 Å². The largest absolute Gasteiger partial charge is 0.490 e. The average Bonchev–Trinajstić information content (AvgIpc) is 2.74. The Morgan fingerprint density at radius 2 is 1.90 bits per heavy atom. The molecule has 6 heteroatoms. The molecule has 154 valence electrons. The molecule has 3 rings (SSSR count). The number of nitrogens with two attached hydrogens (primary N) is 1. The highest BCUT2D eigenvalue weighted by molar-refractivity contribution is 5.49. The van der Waals surface area contributed by atoms with Gasteiger partial charge in [-0.3, -0.25) is 15.0 Å². The fourth-order valence-corrected chi connectivity index (χ4v) is 3.91. The van der Waals surface area contributed by atoms with Crippen LogP contribution in [0.2, 0.25) is 0 Å². The summed E-state index contributed by atoms with van der Waals surface area (Å²) < 4.78 is 5.13. The van der Waals surface area contributed by atoms with Gasteiger partial charge < -0.3 is 10.5 Å². The molecule has 0 bridgehead atoms. The predicted molar refractivity (Wildman–Crippen MR) is 116 cm³/mol. The van der Waals surface area contributed by atoms with Gasteiger partial charge in [0, 0.05) is 31.2 Å². The van der Waals surface area contributed by atoms with E-state index in [4.69, 9.17) is 10.5 Å². The van der Waals surface area contributed by atoms with E-state index in [0.717, 1.165) is 37.8 Å². The number of rotatable bonds is 8. The van der Waals surface area contributed by atoms with Gasteiger partial charge in [-0.2, -0.15) is 0 Å². The molecule has 0 aromatic heterocycles. The van der Waals surface area contributed by atoms with Crippen molar-refractivity contribution in [2.45, 2.75) is 44.3 Å². The van der Waals surface area contributed by atoms with Crippen molar-refractivity contribution in [3.8, 4) is 5.75 Å². The zero-order valence-electron chi connectivity index (χ0n) is 16.9. The predicted octanol–water partition coefficient (Wildman–Crippen LogP) is 4.39. The van der Waals surface area contributed by atoms with Crippen LogP contribution >= 0.6 is 0 Å². The van der Waals surface area contributed by atoms with Crippen LogP contribution < -0.4 is 10.5 Å². The molecular formula is C23H29N3O3. The molecule has 29 heavy (non-hydrogen) atoms. The van der Waals surface area contributed by atoms with Gasteiger partial charge in [-0.25, -0.2) is 0 Å². The van der Waals surface area contributed by atoms with E-state index in [-0.39, 0.29) is 22.4 Å². The standard InChI is InChI=1S/C23H29N3O3/c1-29-23-14-9-19(16-22(23)26(27)28)17-25(21-12-10-20(24)11-13-21)15-5-8-18-6-3-2-4-7-18/h2-9,14,16,20-21H,10-13,15,17,24H2,1H3. The van der Waals surface area contributed by atoms with Crippen molar-refractivity contribution in [1.82, 2.24) is 4.90 Å². The third-order valence-electron chi connectivity index (χ3n) is 5.53. The zero-order chi connectivity index (χ0) is 20.6. The van der Waals surface area contributed by atoms with Crippen molar-refractivity contribution in [3.05, 3.63) is 75.8 Å². The Bertz CT molecular complexity index is 831. The monoisotopic (exact) mass is 395 g/mol. The van der Waals surface area contributed by atoms with Gasteiger partial charge in [-0.15, -0.1) is 0 Å². The number of nitro groups is 1. The molecule has 0 amide bonds. The van der Waals surface area contributed by atoms with Crippen molar-refractivity contribution in [1.29, 1.82) is 0 Å². The molecule has 1 aliphatic rings. The first-order valence-corrected chi connectivity index (χ1v) is 10.1. The highest BCUT2D eigenvalue weighted by Crippen LogP contribution is 2.29. The molecule has 2 aromatic rings. The lowest BCUT2D eigenvalue weighted by molar-refractivity contribution is -0.385. The van der Waals surface area contributed by atoms with Crippen LogP contribution in [0.4, 0.5) is 5.69 Å². The molecule has 0 saturated heterocycles. The lowest BCUT2D eigenvalue weighted by Gasteiger charge is -2.35. The topological polar surface area (TPSA) is 81.6 Å². The Morgan fingerprint density at radius 1 is 1.17 bits per heavy atom. The number of nitro benzene ring substituents is 1. The molecule has 0 unspecified atom stereocenters. The summed E-state index contributed by atoms with van der Waals surface area (Å²) in [5.74, 6) is 0.290. The second kappa shape index (κ2) is 10.2. The van der Waals surface area contributed by atoms with Gasteiger partial charge in [0.25, 0.3) is 0 Å². The summed E-state index contributed by atoms with van der Waals surface area (Å²) in [7, 11) is 1.45. The summed E-state index contributed by atoms with van der Waals surface area (Å²) in [5.41, 5.74) is 8.18. The smallest absolute Gasteiger partial charge is 0.311 e. The summed E-state index contributed by atoms with van der Waals surface area (Å²) in [6, 6.07) is 16.1. The normalized spacial score (nSPS) is 19.6. The molecule has 2 N–H and O–H groups in total. The van der Waals surface area contributed by atoms with Gasteiger partial charge in [0.15, 0.2) is 5.75 Å². The molecule has 6 nitrogen and oxygen atoms in total. The fraction of sp³-hybridized carbons (Fsp3) is 0.391. The summed E-state index contributed by atoms with van der Waals surface area (Å²) in [5, 5.41) is 11.4. The second-order valence-electron chi connectivity index (χ2n) is 7.57. The SMILES string of the molecule is COc1ccc(CN(CC=Cc2ccccc2)C2CCC(N)CC2)cc1[N+](=O)[O-]. The van der Waals surface area contributed by atoms with Crippen molar-refractivity contribution >= 4 is 11.8 Å². The van der Waals surface area contributed by atoms with Gasteiger partial charge in [0.2, 0.25) is 0 Å². The first kappa shape index (κ1) is 21.0. The first-order chi connectivity index (χ1) is 14.1. The molecule has 0 aliphatic heterocycles. The fourth-order valence-electron chi connectivity index (χ4n) is 3.91. The van der Waals surface area contributed by atoms with Crippen LogP contribution in [0.3, 0.4) is 0 Å². The second-order valence-corrected chi connectivity index (χ2v) is 7.57. The summed E-state index contributed by atoms with van der Waals surface area (Å²) in [4.78, 5) is 13.4. The van der Waals surface area contributed by atoms with Crippen LogP contribution in [0, 0.1) is 10.1 Å². The Hall–Kier alpha value is -2.70. The molecule has 0 heterocycles.